The van der Waals surface area contributed by atoms with E-state index in [2.05, 4.69) is 10.6 Å². The molecular formula is C19H19FN2O2S. The van der Waals surface area contributed by atoms with Crippen LogP contribution in [0.25, 0.3) is 0 Å². The summed E-state index contributed by atoms with van der Waals surface area (Å²) in [5.41, 5.74) is 1.69. The third-order valence-corrected chi connectivity index (χ3v) is 6.16. The van der Waals surface area contributed by atoms with Crippen LogP contribution in [0.2, 0.25) is 0 Å². The number of aryl methyl sites for hydroxylation is 2. The van der Waals surface area contributed by atoms with Gasteiger partial charge < -0.3 is 10.6 Å². The molecule has 0 radical (unpaired) electrons. The maximum absolute atomic E-state index is 14.2. The number of hydrogen-bond donors (Lipinski definition) is 2. The molecule has 6 heteroatoms. The monoisotopic (exact) mass is 358 g/mol. The van der Waals surface area contributed by atoms with E-state index < -0.39 is 6.04 Å². The van der Waals surface area contributed by atoms with Crippen molar-refractivity contribution >= 4 is 23.2 Å². The minimum Gasteiger partial charge on any atom is -0.347 e. The summed E-state index contributed by atoms with van der Waals surface area (Å²) in [5, 5.41) is 5.84. The first-order chi connectivity index (χ1) is 12.1. The minimum absolute atomic E-state index is 0.117. The molecular weight excluding hydrogens is 339 g/mol. The zero-order valence-corrected chi connectivity index (χ0v) is 14.5. The summed E-state index contributed by atoms with van der Waals surface area (Å²) >= 11 is 1.55. The molecule has 1 aromatic carbocycles. The smallest absolute Gasteiger partial charge is 0.261 e. The van der Waals surface area contributed by atoms with Crippen molar-refractivity contribution in [2.75, 3.05) is 0 Å². The third-order valence-electron chi connectivity index (χ3n) is 4.93. The van der Waals surface area contributed by atoms with Gasteiger partial charge in [0.2, 0.25) is 5.91 Å². The van der Waals surface area contributed by atoms with Gasteiger partial charge in [0.15, 0.2) is 0 Å². The van der Waals surface area contributed by atoms with Gasteiger partial charge in [-0.05, 0) is 43.4 Å². The Kier molecular flexibility index (Phi) is 4.29. The Morgan fingerprint density at radius 1 is 1.24 bits per heavy atom. The summed E-state index contributed by atoms with van der Waals surface area (Å²) in [6, 6.07) is 7.49. The topological polar surface area (TPSA) is 58.2 Å². The van der Waals surface area contributed by atoms with Crippen LogP contribution in [0.1, 0.15) is 51.0 Å². The fraction of sp³-hybridized carbons (Fsp3) is 0.368. The van der Waals surface area contributed by atoms with E-state index in [0.29, 0.717) is 23.3 Å². The van der Waals surface area contributed by atoms with Gasteiger partial charge >= 0.3 is 0 Å². The molecule has 4 rings (SSSR count). The zero-order chi connectivity index (χ0) is 17.4. The summed E-state index contributed by atoms with van der Waals surface area (Å²) in [5.74, 6) is -0.625. The van der Waals surface area contributed by atoms with Crippen LogP contribution in [0.5, 0.6) is 0 Å². The maximum Gasteiger partial charge on any atom is 0.261 e. The van der Waals surface area contributed by atoms with E-state index in [1.165, 1.54) is 16.5 Å². The van der Waals surface area contributed by atoms with Crippen molar-refractivity contribution < 1.29 is 14.0 Å². The Bertz CT molecular complexity index is 811. The molecule has 1 aliphatic carbocycles. The van der Waals surface area contributed by atoms with Crippen molar-refractivity contribution in [1.29, 1.82) is 0 Å². The number of amides is 2. The van der Waals surface area contributed by atoms with E-state index in [9.17, 15) is 14.0 Å². The van der Waals surface area contributed by atoms with Crippen molar-refractivity contribution in [3.8, 4) is 0 Å². The van der Waals surface area contributed by atoms with Gasteiger partial charge in [0.1, 0.15) is 5.82 Å². The van der Waals surface area contributed by atoms with Gasteiger partial charge in [-0.25, -0.2) is 4.39 Å². The molecule has 2 aromatic rings. The number of benzene rings is 1. The molecule has 0 bridgehead atoms. The number of halogens is 1. The van der Waals surface area contributed by atoms with E-state index in [-0.39, 0.29) is 23.7 Å². The highest BCUT2D eigenvalue weighted by atomic mass is 32.1. The molecule has 4 nitrogen and oxygen atoms in total. The van der Waals surface area contributed by atoms with Crippen LogP contribution in [-0.4, -0.2) is 17.9 Å². The average Bonchev–Trinajstić information content (AvgIpc) is 3.19. The molecule has 0 spiro atoms. The first kappa shape index (κ1) is 16.3. The van der Waals surface area contributed by atoms with Crippen LogP contribution in [0, 0.1) is 5.82 Å². The minimum atomic E-state index is -0.543. The van der Waals surface area contributed by atoms with Crippen molar-refractivity contribution in [2.24, 2.45) is 0 Å². The fourth-order valence-electron chi connectivity index (χ4n) is 3.66. The van der Waals surface area contributed by atoms with Crippen molar-refractivity contribution in [1.82, 2.24) is 10.6 Å². The quantitative estimate of drug-likeness (QED) is 0.886. The Labute approximate surface area is 149 Å². The van der Waals surface area contributed by atoms with Crippen LogP contribution in [0.3, 0.4) is 0 Å². The molecule has 2 heterocycles. The molecule has 0 saturated carbocycles. The highest BCUT2D eigenvalue weighted by Crippen LogP contribution is 2.31. The maximum atomic E-state index is 14.2. The highest BCUT2D eigenvalue weighted by Gasteiger charge is 2.33. The number of rotatable bonds is 3. The molecule has 25 heavy (non-hydrogen) atoms. The summed E-state index contributed by atoms with van der Waals surface area (Å²) in [7, 11) is 0. The van der Waals surface area contributed by atoms with Gasteiger partial charge in [-0.3, -0.25) is 9.59 Å². The van der Waals surface area contributed by atoms with Crippen LogP contribution in [0.4, 0.5) is 4.39 Å². The summed E-state index contributed by atoms with van der Waals surface area (Å²) in [4.78, 5) is 26.5. The van der Waals surface area contributed by atoms with Crippen LogP contribution in [0.15, 0.2) is 30.3 Å². The Balaban J connectivity index is 1.55. The molecule has 1 saturated heterocycles. The first-order valence-corrected chi connectivity index (χ1v) is 9.39. The van der Waals surface area contributed by atoms with Crippen molar-refractivity contribution in [2.45, 2.75) is 44.2 Å². The predicted molar refractivity (Wildman–Crippen MR) is 94.1 cm³/mol. The molecule has 2 aliphatic rings. The van der Waals surface area contributed by atoms with E-state index in [1.54, 1.807) is 29.5 Å². The molecule has 2 amide bonds. The largest absolute Gasteiger partial charge is 0.347 e. The lowest BCUT2D eigenvalue weighted by Gasteiger charge is -2.33. The molecule has 130 valence electrons. The predicted octanol–water partition coefficient (Wildman–Crippen LogP) is 3.13. The molecule has 1 aliphatic heterocycles. The van der Waals surface area contributed by atoms with Gasteiger partial charge in [-0.15, -0.1) is 11.3 Å². The van der Waals surface area contributed by atoms with Crippen molar-refractivity contribution in [3.63, 3.8) is 0 Å². The summed E-state index contributed by atoms with van der Waals surface area (Å²) in [6.45, 7) is 0. The number of fused-ring (bicyclic) bond motifs is 1. The van der Waals surface area contributed by atoms with Crippen molar-refractivity contribution in [3.05, 3.63) is 57.0 Å². The van der Waals surface area contributed by atoms with Gasteiger partial charge in [0.25, 0.3) is 5.91 Å². The number of thiophene rings is 1. The Morgan fingerprint density at radius 2 is 2.08 bits per heavy atom. The number of nitrogens with one attached hydrogen (secondary N) is 2. The Morgan fingerprint density at radius 3 is 2.88 bits per heavy atom. The first-order valence-electron chi connectivity index (χ1n) is 8.58. The lowest BCUT2D eigenvalue weighted by Crippen LogP contribution is -2.50. The van der Waals surface area contributed by atoms with E-state index >= 15 is 0 Å². The number of carbonyl (C=O) groups excluding carboxylic acids is 2. The Hall–Kier alpha value is -2.21. The fourth-order valence-corrected chi connectivity index (χ4v) is 4.81. The second-order valence-corrected chi connectivity index (χ2v) is 7.73. The molecule has 2 unspecified atom stereocenters. The summed E-state index contributed by atoms with van der Waals surface area (Å²) in [6.07, 6.45) is 4.08. The summed E-state index contributed by atoms with van der Waals surface area (Å²) < 4.78 is 14.2. The highest BCUT2D eigenvalue weighted by molar-refractivity contribution is 7.14. The number of hydrogen-bond acceptors (Lipinski definition) is 3. The molecule has 1 fully saturated rings. The number of piperidine rings is 1. The molecule has 2 N–H and O–H groups in total. The second-order valence-electron chi connectivity index (χ2n) is 6.60. The molecule has 2 atom stereocenters. The lowest BCUT2D eigenvalue weighted by atomic mass is 9.91. The number of carbonyl (C=O) groups is 2. The SMILES string of the molecule is O=C1CCC(NC(=O)c2cc3c(s2)CCC3)C(c2ccccc2F)N1. The zero-order valence-electron chi connectivity index (χ0n) is 13.7. The standard InChI is InChI=1S/C19H19FN2O2S/c20-13-6-2-1-5-12(13)18-14(8-9-17(23)22-18)21-19(24)16-10-11-4-3-7-15(11)25-16/h1-2,5-6,10,14,18H,3-4,7-9H2,(H,21,24)(H,22,23). The average molecular weight is 358 g/mol. The van der Waals surface area contributed by atoms with Gasteiger partial charge in [0.05, 0.1) is 17.0 Å². The third kappa shape index (κ3) is 3.18. The van der Waals surface area contributed by atoms with Gasteiger partial charge in [-0.2, -0.15) is 0 Å². The second kappa shape index (κ2) is 6.59. The lowest BCUT2D eigenvalue weighted by molar-refractivity contribution is -0.123. The van der Waals surface area contributed by atoms with Gasteiger partial charge in [-0.1, -0.05) is 18.2 Å². The molecule has 1 aromatic heterocycles. The van der Waals surface area contributed by atoms with E-state index in [1.807, 2.05) is 6.07 Å². The van der Waals surface area contributed by atoms with Crippen LogP contribution < -0.4 is 10.6 Å². The normalized spacial score (nSPS) is 22.4. The van der Waals surface area contributed by atoms with Crippen LogP contribution in [-0.2, 0) is 17.6 Å². The van der Waals surface area contributed by atoms with Crippen LogP contribution >= 0.6 is 11.3 Å². The van der Waals surface area contributed by atoms with E-state index in [4.69, 9.17) is 0 Å². The van der Waals surface area contributed by atoms with E-state index in [0.717, 1.165) is 19.3 Å². The van der Waals surface area contributed by atoms with Gasteiger partial charge in [0, 0.05) is 16.9 Å².